The standard InChI is InChI=1S/C16H25NO4S/c1-20-10-3-9-17(15-8-11-22(18,19)13-15)12-14-4-6-16(21-2)7-5-14/h4-7,15H,3,8-13H2,1-2H3/t15-/m0/s1. The van der Waals surface area contributed by atoms with Crippen LogP contribution in [-0.4, -0.2) is 58.2 Å². The lowest BCUT2D eigenvalue weighted by atomic mass is 10.1. The minimum Gasteiger partial charge on any atom is -0.497 e. The Kier molecular flexibility index (Phi) is 6.23. The predicted octanol–water partition coefficient (Wildman–Crippen LogP) is 1.72. The van der Waals surface area contributed by atoms with E-state index in [0.29, 0.717) is 12.4 Å². The predicted molar refractivity (Wildman–Crippen MR) is 87.0 cm³/mol. The van der Waals surface area contributed by atoms with Gasteiger partial charge in [0.1, 0.15) is 5.75 Å². The van der Waals surface area contributed by atoms with Crippen LogP contribution in [0.3, 0.4) is 0 Å². The summed E-state index contributed by atoms with van der Waals surface area (Å²) < 4.78 is 33.8. The molecule has 0 aromatic heterocycles. The van der Waals surface area contributed by atoms with Crippen LogP contribution in [0.4, 0.5) is 0 Å². The Labute approximate surface area is 133 Å². The number of ether oxygens (including phenoxy) is 2. The molecular weight excluding hydrogens is 302 g/mol. The van der Waals surface area contributed by atoms with E-state index >= 15 is 0 Å². The lowest BCUT2D eigenvalue weighted by Gasteiger charge is -2.28. The molecule has 0 amide bonds. The second-order valence-electron chi connectivity index (χ2n) is 5.72. The summed E-state index contributed by atoms with van der Waals surface area (Å²) in [4.78, 5) is 2.27. The molecule has 1 aliphatic rings. The molecule has 6 heteroatoms. The second-order valence-corrected chi connectivity index (χ2v) is 7.95. The normalized spacial score (nSPS) is 20.4. The Morgan fingerprint density at radius 3 is 2.50 bits per heavy atom. The Balaban J connectivity index is 2.03. The summed E-state index contributed by atoms with van der Waals surface area (Å²) in [5.74, 6) is 1.41. The lowest BCUT2D eigenvalue weighted by molar-refractivity contribution is 0.150. The van der Waals surface area contributed by atoms with Crippen molar-refractivity contribution in [2.24, 2.45) is 0 Å². The smallest absolute Gasteiger partial charge is 0.151 e. The average molecular weight is 327 g/mol. The summed E-state index contributed by atoms with van der Waals surface area (Å²) in [5.41, 5.74) is 1.17. The number of rotatable bonds is 8. The highest BCUT2D eigenvalue weighted by atomic mass is 32.2. The van der Waals surface area contributed by atoms with E-state index in [9.17, 15) is 8.42 Å². The first-order valence-corrected chi connectivity index (χ1v) is 9.42. The van der Waals surface area contributed by atoms with E-state index in [4.69, 9.17) is 9.47 Å². The van der Waals surface area contributed by atoms with Gasteiger partial charge in [-0.3, -0.25) is 4.90 Å². The SMILES string of the molecule is COCCCN(Cc1ccc(OC)cc1)[C@H]1CCS(=O)(=O)C1. The summed E-state index contributed by atoms with van der Waals surface area (Å²) in [6.45, 7) is 2.30. The van der Waals surface area contributed by atoms with E-state index in [0.717, 1.165) is 31.7 Å². The van der Waals surface area contributed by atoms with Crippen LogP contribution >= 0.6 is 0 Å². The Hall–Kier alpha value is -1.11. The third-order valence-corrected chi connectivity index (χ3v) is 5.81. The lowest BCUT2D eigenvalue weighted by Crippen LogP contribution is -2.36. The van der Waals surface area contributed by atoms with Gasteiger partial charge in [-0.1, -0.05) is 12.1 Å². The molecule has 1 saturated heterocycles. The van der Waals surface area contributed by atoms with Crippen LogP contribution in [-0.2, 0) is 21.1 Å². The van der Waals surface area contributed by atoms with Crippen LogP contribution < -0.4 is 4.74 Å². The minimum atomic E-state index is -2.87. The van der Waals surface area contributed by atoms with E-state index in [2.05, 4.69) is 4.90 Å². The van der Waals surface area contributed by atoms with E-state index in [-0.39, 0.29) is 11.8 Å². The second kappa shape index (κ2) is 7.94. The molecule has 1 aromatic carbocycles. The Morgan fingerprint density at radius 1 is 1.23 bits per heavy atom. The van der Waals surface area contributed by atoms with E-state index < -0.39 is 9.84 Å². The Bertz CT molecular complexity index is 556. The van der Waals surface area contributed by atoms with Crippen molar-refractivity contribution in [1.29, 1.82) is 0 Å². The molecule has 1 fully saturated rings. The quantitative estimate of drug-likeness (QED) is 0.681. The number of benzene rings is 1. The van der Waals surface area contributed by atoms with Gasteiger partial charge in [-0.15, -0.1) is 0 Å². The fourth-order valence-electron chi connectivity index (χ4n) is 2.83. The highest BCUT2D eigenvalue weighted by molar-refractivity contribution is 7.91. The van der Waals surface area contributed by atoms with Crippen molar-refractivity contribution in [1.82, 2.24) is 4.90 Å². The number of methoxy groups -OCH3 is 2. The van der Waals surface area contributed by atoms with Crippen molar-refractivity contribution >= 4 is 9.84 Å². The van der Waals surface area contributed by atoms with Crippen LogP contribution in [0.15, 0.2) is 24.3 Å². The highest BCUT2D eigenvalue weighted by Gasteiger charge is 2.31. The van der Waals surface area contributed by atoms with Gasteiger partial charge in [-0.2, -0.15) is 0 Å². The molecule has 0 spiro atoms. The molecule has 2 rings (SSSR count). The topological polar surface area (TPSA) is 55.8 Å². The molecule has 5 nitrogen and oxygen atoms in total. The van der Waals surface area contributed by atoms with Gasteiger partial charge in [0.25, 0.3) is 0 Å². The third-order valence-electron chi connectivity index (χ3n) is 4.06. The largest absolute Gasteiger partial charge is 0.497 e. The van der Waals surface area contributed by atoms with E-state index in [1.165, 1.54) is 5.56 Å². The van der Waals surface area contributed by atoms with Crippen molar-refractivity contribution in [2.75, 3.05) is 38.9 Å². The molecule has 0 saturated carbocycles. The summed E-state index contributed by atoms with van der Waals surface area (Å²) >= 11 is 0. The monoisotopic (exact) mass is 327 g/mol. The van der Waals surface area contributed by atoms with Crippen LogP contribution in [0.25, 0.3) is 0 Å². The zero-order valence-corrected chi connectivity index (χ0v) is 14.1. The molecule has 124 valence electrons. The summed E-state index contributed by atoms with van der Waals surface area (Å²) in [6.07, 6.45) is 1.63. The van der Waals surface area contributed by atoms with Crippen molar-refractivity contribution in [2.45, 2.75) is 25.4 Å². The number of hydrogen-bond donors (Lipinski definition) is 0. The zero-order valence-electron chi connectivity index (χ0n) is 13.3. The van der Waals surface area contributed by atoms with E-state index in [1.54, 1.807) is 14.2 Å². The molecular formula is C16H25NO4S. The first-order chi connectivity index (χ1) is 10.5. The van der Waals surface area contributed by atoms with Gasteiger partial charge >= 0.3 is 0 Å². The van der Waals surface area contributed by atoms with Crippen LogP contribution in [0.2, 0.25) is 0 Å². The van der Waals surface area contributed by atoms with E-state index in [1.807, 2.05) is 24.3 Å². The first kappa shape index (κ1) is 17.2. The zero-order chi connectivity index (χ0) is 16.0. The number of hydrogen-bond acceptors (Lipinski definition) is 5. The fourth-order valence-corrected chi connectivity index (χ4v) is 4.59. The van der Waals surface area contributed by atoms with Gasteiger partial charge in [0.2, 0.25) is 0 Å². The molecule has 0 bridgehead atoms. The highest BCUT2D eigenvalue weighted by Crippen LogP contribution is 2.21. The van der Waals surface area contributed by atoms with Crippen molar-refractivity contribution in [3.8, 4) is 5.75 Å². The molecule has 0 unspecified atom stereocenters. The van der Waals surface area contributed by atoms with Crippen LogP contribution in [0, 0.1) is 0 Å². The number of sulfone groups is 1. The van der Waals surface area contributed by atoms with Crippen molar-refractivity contribution < 1.29 is 17.9 Å². The summed E-state index contributed by atoms with van der Waals surface area (Å²) in [5, 5.41) is 0. The molecule has 22 heavy (non-hydrogen) atoms. The molecule has 1 atom stereocenters. The maximum Gasteiger partial charge on any atom is 0.151 e. The fraction of sp³-hybridized carbons (Fsp3) is 0.625. The van der Waals surface area contributed by atoms with Gasteiger partial charge in [0, 0.05) is 32.8 Å². The van der Waals surface area contributed by atoms with Crippen LogP contribution in [0.1, 0.15) is 18.4 Å². The molecule has 0 N–H and O–H groups in total. The maximum absolute atomic E-state index is 11.7. The first-order valence-electron chi connectivity index (χ1n) is 7.60. The third kappa shape index (κ3) is 4.97. The molecule has 1 aliphatic heterocycles. The Morgan fingerprint density at radius 2 is 1.95 bits per heavy atom. The summed E-state index contributed by atoms with van der Waals surface area (Å²) in [6, 6.07) is 8.06. The van der Waals surface area contributed by atoms with Gasteiger partial charge < -0.3 is 9.47 Å². The van der Waals surface area contributed by atoms with Gasteiger partial charge in [0.05, 0.1) is 18.6 Å². The minimum absolute atomic E-state index is 0.115. The molecule has 0 radical (unpaired) electrons. The van der Waals surface area contributed by atoms with Gasteiger partial charge in [-0.05, 0) is 30.5 Å². The molecule has 0 aliphatic carbocycles. The van der Waals surface area contributed by atoms with Crippen molar-refractivity contribution in [3.63, 3.8) is 0 Å². The van der Waals surface area contributed by atoms with Crippen LogP contribution in [0.5, 0.6) is 5.75 Å². The van der Waals surface area contributed by atoms with Gasteiger partial charge in [0.15, 0.2) is 9.84 Å². The average Bonchev–Trinajstić information content (AvgIpc) is 2.87. The molecule has 1 heterocycles. The maximum atomic E-state index is 11.7. The molecule has 1 aromatic rings. The van der Waals surface area contributed by atoms with Crippen molar-refractivity contribution in [3.05, 3.63) is 29.8 Å². The number of nitrogens with zero attached hydrogens (tertiary/aromatic N) is 1. The van der Waals surface area contributed by atoms with Gasteiger partial charge in [-0.25, -0.2) is 8.42 Å². The summed E-state index contributed by atoms with van der Waals surface area (Å²) in [7, 11) is 0.470.